The normalized spacial score (nSPS) is 23.3. The summed E-state index contributed by atoms with van der Waals surface area (Å²) in [6, 6.07) is 15.8. The number of amides is 2. The maximum atomic E-state index is 13.5. The molecule has 2 aromatic rings. The molecule has 2 saturated heterocycles. The highest BCUT2D eigenvalue weighted by atomic mass is 32.2. The number of benzene rings is 2. The van der Waals surface area contributed by atoms with Gasteiger partial charge >= 0.3 is 0 Å². The number of para-hydroxylation sites is 1. The number of hydrogen-bond donors (Lipinski definition) is 0. The van der Waals surface area contributed by atoms with E-state index in [9.17, 15) is 9.59 Å². The SMILES string of the molecule is Cc1ccc(CN2C(=O)/C(=C3\SC(=S)N(C[C@@H]4CCCO4)C3=O)c3ccccc32)cc1. The van der Waals surface area contributed by atoms with E-state index < -0.39 is 0 Å². The van der Waals surface area contributed by atoms with Crippen LogP contribution in [0.3, 0.4) is 0 Å². The van der Waals surface area contributed by atoms with Gasteiger partial charge in [-0.05, 0) is 31.4 Å². The molecule has 0 unspecified atom stereocenters. The Morgan fingerprint density at radius 1 is 1.06 bits per heavy atom. The molecule has 7 heteroatoms. The van der Waals surface area contributed by atoms with Crippen LogP contribution in [0.2, 0.25) is 0 Å². The molecule has 0 radical (unpaired) electrons. The van der Waals surface area contributed by atoms with Crippen molar-refractivity contribution in [1.29, 1.82) is 0 Å². The number of aryl methyl sites for hydroxylation is 1. The number of nitrogens with zero attached hydrogens (tertiary/aromatic N) is 2. The molecule has 5 nitrogen and oxygen atoms in total. The first-order chi connectivity index (χ1) is 15.0. The number of fused-ring (bicyclic) bond motifs is 1. The van der Waals surface area contributed by atoms with Crippen LogP contribution in [0.25, 0.3) is 5.57 Å². The number of carbonyl (C=O) groups excluding carboxylic acids is 2. The zero-order valence-corrected chi connectivity index (χ0v) is 18.8. The van der Waals surface area contributed by atoms with E-state index in [0.29, 0.717) is 27.9 Å². The van der Waals surface area contributed by atoms with E-state index in [1.807, 2.05) is 55.5 Å². The summed E-state index contributed by atoms with van der Waals surface area (Å²) >= 11 is 6.73. The summed E-state index contributed by atoms with van der Waals surface area (Å²) in [7, 11) is 0. The molecular formula is C24H22N2O3S2. The molecule has 0 N–H and O–H groups in total. The number of thioether (sulfide) groups is 1. The van der Waals surface area contributed by atoms with Crippen molar-refractivity contribution in [2.45, 2.75) is 32.4 Å². The standard InChI is InChI=1S/C24H22N2O3S2/c1-15-8-10-16(11-9-15)13-25-19-7-3-2-6-18(19)20(22(25)27)21-23(28)26(24(30)31-21)14-17-5-4-12-29-17/h2-3,6-11,17H,4-5,12-14H2,1H3/b21-20-/t17-/m0/s1. The molecule has 31 heavy (non-hydrogen) atoms. The van der Waals surface area contributed by atoms with Crippen molar-refractivity contribution < 1.29 is 14.3 Å². The Morgan fingerprint density at radius 3 is 2.58 bits per heavy atom. The second-order valence-corrected chi connectivity index (χ2v) is 9.66. The Bertz CT molecular complexity index is 1100. The lowest BCUT2D eigenvalue weighted by molar-refractivity contribution is -0.123. The van der Waals surface area contributed by atoms with Gasteiger partial charge in [-0.2, -0.15) is 0 Å². The van der Waals surface area contributed by atoms with Crippen LogP contribution in [0, 0.1) is 6.92 Å². The van der Waals surface area contributed by atoms with E-state index >= 15 is 0 Å². The molecule has 1 atom stereocenters. The van der Waals surface area contributed by atoms with Gasteiger partial charge in [-0.15, -0.1) is 0 Å². The molecule has 0 aliphatic carbocycles. The number of carbonyl (C=O) groups is 2. The lowest BCUT2D eigenvalue weighted by Gasteiger charge is -2.18. The third kappa shape index (κ3) is 3.71. The first-order valence-electron chi connectivity index (χ1n) is 10.4. The van der Waals surface area contributed by atoms with Gasteiger partial charge in [0.2, 0.25) is 0 Å². The fourth-order valence-corrected chi connectivity index (χ4v) is 5.58. The van der Waals surface area contributed by atoms with Crippen LogP contribution >= 0.6 is 24.0 Å². The Balaban J connectivity index is 1.49. The molecule has 0 saturated carbocycles. The third-order valence-corrected chi connectivity index (χ3v) is 7.32. The van der Waals surface area contributed by atoms with Gasteiger partial charge in [0.05, 0.1) is 35.4 Å². The van der Waals surface area contributed by atoms with Gasteiger partial charge in [0.1, 0.15) is 4.32 Å². The minimum Gasteiger partial charge on any atom is -0.376 e. The lowest BCUT2D eigenvalue weighted by Crippen LogP contribution is -2.35. The monoisotopic (exact) mass is 450 g/mol. The van der Waals surface area contributed by atoms with Gasteiger partial charge in [0, 0.05) is 12.2 Å². The molecule has 158 valence electrons. The zero-order chi connectivity index (χ0) is 21.5. The number of rotatable bonds is 4. The molecule has 2 amide bonds. The first-order valence-corrected chi connectivity index (χ1v) is 11.6. The molecule has 5 rings (SSSR count). The van der Waals surface area contributed by atoms with Gasteiger partial charge < -0.3 is 9.64 Å². The Hall–Kier alpha value is -2.48. The van der Waals surface area contributed by atoms with Crippen molar-refractivity contribution in [2.75, 3.05) is 18.1 Å². The Morgan fingerprint density at radius 2 is 1.84 bits per heavy atom. The summed E-state index contributed by atoms with van der Waals surface area (Å²) in [5.41, 5.74) is 4.29. The number of anilines is 1. The van der Waals surface area contributed by atoms with E-state index in [1.54, 1.807) is 9.80 Å². The molecule has 3 heterocycles. The minimum absolute atomic E-state index is 0.0106. The van der Waals surface area contributed by atoms with Crippen molar-refractivity contribution in [3.63, 3.8) is 0 Å². The molecule has 3 aliphatic heterocycles. The number of ether oxygens (including phenoxy) is 1. The smallest absolute Gasteiger partial charge is 0.267 e. The van der Waals surface area contributed by atoms with Gasteiger partial charge in [0.15, 0.2) is 0 Å². The quantitative estimate of drug-likeness (QED) is 0.514. The molecular weight excluding hydrogens is 428 g/mol. The highest BCUT2D eigenvalue weighted by Gasteiger charge is 2.42. The van der Waals surface area contributed by atoms with Crippen LogP contribution in [0.4, 0.5) is 5.69 Å². The molecule has 0 aromatic heterocycles. The fraction of sp³-hybridized carbons (Fsp3) is 0.292. The average Bonchev–Trinajstić information content (AvgIpc) is 3.45. The largest absolute Gasteiger partial charge is 0.376 e. The first kappa shape index (κ1) is 20.4. The van der Waals surface area contributed by atoms with Crippen LogP contribution in [-0.2, 0) is 20.9 Å². The predicted octanol–water partition coefficient (Wildman–Crippen LogP) is 4.29. The summed E-state index contributed by atoms with van der Waals surface area (Å²) in [4.78, 5) is 30.6. The Labute approximate surface area is 191 Å². The van der Waals surface area contributed by atoms with Gasteiger partial charge in [0.25, 0.3) is 11.8 Å². The van der Waals surface area contributed by atoms with E-state index in [4.69, 9.17) is 17.0 Å². The van der Waals surface area contributed by atoms with Crippen molar-refractivity contribution in [3.05, 3.63) is 70.1 Å². The zero-order valence-electron chi connectivity index (χ0n) is 17.2. The van der Waals surface area contributed by atoms with E-state index in [1.165, 1.54) is 17.3 Å². The van der Waals surface area contributed by atoms with Gasteiger partial charge in [-0.25, -0.2) is 0 Å². The second kappa shape index (κ2) is 8.22. The second-order valence-electron chi connectivity index (χ2n) is 8.02. The summed E-state index contributed by atoms with van der Waals surface area (Å²) in [6.07, 6.45) is 1.94. The number of hydrogen-bond acceptors (Lipinski definition) is 5. The Kier molecular flexibility index (Phi) is 5.42. The van der Waals surface area contributed by atoms with Crippen LogP contribution in [0.15, 0.2) is 53.4 Å². The van der Waals surface area contributed by atoms with Crippen LogP contribution < -0.4 is 4.90 Å². The third-order valence-electron chi connectivity index (χ3n) is 5.87. The molecule has 0 spiro atoms. The van der Waals surface area contributed by atoms with Crippen LogP contribution in [0.5, 0.6) is 0 Å². The summed E-state index contributed by atoms with van der Waals surface area (Å²) in [6.45, 7) is 3.66. The van der Waals surface area contributed by atoms with Gasteiger partial charge in [-0.3, -0.25) is 14.5 Å². The highest BCUT2D eigenvalue weighted by molar-refractivity contribution is 8.26. The lowest BCUT2D eigenvalue weighted by atomic mass is 10.1. The molecule has 2 fully saturated rings. The minimum atomic E-state index is -0.194. The summed E-state index contributed by atoms with van der Waals surface area (Å²) < 4.78 is 6.18. The molecule has 0 bridgehead atoms. The van der Waals surface area contributed by atoms with Crippen molar-refractivity contribution in [1.82, 2.24) is 4.90 Å². The van der Waals surface area contributed by atoms with Gasteiger partial charge in [-0.1, -0.05) is 72.0 Å². The van der Waals surface area contributed by atoms with Crippen molar-refractivity contribution >= 4 is 51.4 Å². The fourth-order valence-electron chi connectivity index (χ4n) is 4.23. The topological polar surface area (TPSA) is 49.9 Å². The maximum Gasteiger partial charge on any atom is 0.267 e. The average molecular weight is 451 g/mol. The van der Waals surface area contributed by atoms with Crippen molar-refractivity contribution in [2.24, 2.45) is 0 Å². The number of thiocarbonyl (C=S) groups is 1. The van der Waals surface area contributed by atoms with E-state index in [-0.39, 0.29) is 17.9 Å². The van der Waals surface area contributed by atoms with Crippen LogP contribution in [0.1, 0.15) is 29.5 Å². The molecule has 2 aromatic carbocycles. The van der Waals surface area contributed by atoms with Crippen molar-refractivity contribution in [3.8, 4) is 0 Å². The van der Waals surface area contributed by atoms with E-state index in [2.05, 4.69) is 0 Å². The summed E-state index contributed by atoms with van der Waals surface area (Å²) in [5.74, 6) is -0.347. The molecule has 3 aliphatic rings. The van der Waals surface area contributed by atoms with E-state index in [0.717, 1.165) is 36.3 Å². The highest BCUT2D eigenvalue weighted by Crippen LogP contribution is 2.45. The summed E-state index contributed by atoms with van der Waals surface area (Å²) in [5, 5.41) is 0. The predicted molar refractivity (Wildman–Crippen MR) is 127 cm³/mol. The van der Waals surface area contributed by atoms with Crippen LogP contribution in [-0.4, -0.2) is 40.3 Å². The maximum absolute atomic E-state index is 13.5.